The second-order valence-electron chi connectivity index (χ2n) is 13.2. The lowest BCUT2D eigenvalue weighted by Gasteiger charge is -2.63. The Morgan fingerprint density at radius 2 is 1.52 bits per heavy atom. The van der Waals surface area contributed by atoms with Crippen molar-refractivity contribution < 1.29 is 5.11 Å². The molecule has 4 rings (SSSR count). The maximum atomic E-state index is 10.4. The molecule has 4 saturated carbocycles. The Kier molecular flexibility index (Phi) is 6.22. The van der Waals surface area contributed by atoms with Crippen LogP contribution in [0.3, 0.4) is 0 Å². The smallest absolute Gasteiger partial charge is 0.0543 e. The van der Waals surface area contributed by atoms with Crippen molar-refractivity contribution >= 4 is 0 Å². The van der Waals surface area contributed by atoms with Crippen molar-refractivity contribution in [1.29, 1.82) is 0 Å². The molecule has 0 radical (unpaired) electrons. The zero-order chi connectivity index (χ0) is 21.0. The second kappa shape index (κ2) is 8.14. The van der Waals surface area contributed by atoms with Gasteiger partial charge in [0.1, 0.15) is 0 Å². The molecule has 0 aromatic carbocycles. The first-order valence-corrected chi connectivity index (χ1v) is 13.3. The highest BCUT2D eigenvalue weighted by Gasteiger charge is 2.61. The number of aliphatic hydroxyl groups excluding tert-OH is 1. The molecule has 0 amide bonds. The molecule has 4 aliphatic rings. The van der Waals surface area contributed by atoms with Crippen LogP contribution in [-0.4, -0.2) is 11.2 Å². The monoisotopic (exact) mass is 402 g/mol. The summed E-state index contributed by atoms with van der Waals surface area (Å²) in [6, 6.07) is 0. The van der Waals surface area contributed by atoms with Gasteiger partial charge in [-0.05, 0) is 110 Å². The van der Waals surface area contributed by atoms with Gasteiger partial charge in [-0.3, -0.25) is 0 Å². The van der Waals surface area contributed by atoms with E-state index >= 15 is 0 Å². The normalized spacial score (nSPS) is 50.7. The van der Waals surface area contributed by atoms with Crippen molar-refractivity contribution in [3.05, 3.63) is 0 Å². The number of aliphatic hydroxyl groups is 1. The van der Waals surface area contributed by atoms with Crippen LogP contribution in [-0.2, 0) is 0 Å². The molecule has 4 fully saturated rings. The third-order valence-corrected chi connectivity index (χ3v) is 11.2. The zero-order valence-corrected chi connectivity index (χ0v) is 20.4. The van der Waals surface area contributed by atoms with Gasteiger partial charge in [-0.1, -0.05) is 60.8 Å². The summed E-state index contributed by atoms with van der Waals surface area (Å²) in [7, 11) is 0. The van der Waals surface area contributed by atoms with E-state index in [-0.39, 0.29) is 6.10 Å². The largest absolute Gasteiger partial charge is 0.393 e. The van der Waals surface area contributed by atoms with Gasteiger partial charge in [0.2, 0.25) is 0 Å². The number of rotatable bonds is 5. The van der Waals surface area contributed by atoms with Gasteiger partial charge in [0.25, 0.3) is 0 Å². The first-order chi connectivity index (χ1) is 13.7. The van der Waals surface area contributed by atoms with E-state index < -0.39 is 0 Å². The minimum Gasteiger partial charge on any atom is -0.393 e. The second-order valence-corrected chi connectivity index (χ2v) is 13.2. The maximum Gasteiger partial charge on any atom is 0.0543 e. The molecule has 0 aromatic heterocycles. The first-order valence-electron chi connectivity index (χ1n) is 13.3. The molecule has 1 heteroatoms. The van der Waals surface area contributed by atoms with Crippen LogP contribution in [0.2, 0.25) is 0 Å². The van der Waals surface area contributed by atoms with Crippen molar-refractivity contribution in [2.45, 2.75) is 118 Å². The number of fused-ring (bicyclic) bond motifs is 5. The van der Waals surface area contributed by atoms with E-state index in [1.165, 1.54) is 57.8 Å². The van der Waals surface area contributed by atoms with Crippen molar-refractivity contribution in [3.63, 3.8) is 0 Å². The molecule has 4 aliphatic carbocycles. The molecule has 0 heterocycles. The highest BCUT2D eigenvalue weighted by atomic mass is 16.3. The summed E-state index contributed by atoms with van der Waals surface area (Å²) in [5, 5.41) is 10.4. The minimum absolute atomic E-state index is 0.0246. The molecule has 0 spiro atoms. The Morgan fingerprint density at radius 3 is 2.24 bits per heavy atom. The summed E-state index contributed by atoms with van der Waals surface area (Å²) in [5.74, 6) is 7.19. The predicted octanol–water partition coefficient (Wildman–Crippen LogP) is 7.71. The standard InChI is InChI=1S/C28H50O/c1-18(2)8-7-9-19(3)23-10-11-24-22-16-20(4)26-17-21(29)12-14-28(26,6)25(22)13-15-27(23,24)5/h18-26,29H,7-17H2,1-6H3/t19-,20?,21?,22+,23-,24+,25+,26?,27-,28-/m1/s1. The van der Waals surface area contributed by atoms with Crippen molar-refractivity contribution in [1.82, 2.24) is 0 Å². The van der Waals surface area contributed by atoms with Crippen LogP contribution in [0.1, 0.15) is 112 Å². The fourth-order valence-corrected chi connectivity index (χ4v) is 9.74. The Hall–Kier alpha value is -0.0400. The average molecular weight is 403 g/mol. The third kappa shape index (κ3) is 3.74. The van der Waals surface area contributed by atoms with Crippen LogP contribution in [0, 0.1) is 58.2 Å². The van der Waals surface area contributed by atoms with Gasteiger partial charge in [0.05, 0.1) is 6.10 Å². The van der Waals surface area contributed by atoms with E-state index in [1.807, 2.05) is 0 Å². The van der Waals surface area contributed by atoms with E-state index in [4.69, 9.17) is 0 Å². The summed E-state index contributed by atoms with van der Waals surface area (Å²) >= 11 is 0. The lowest BCUT2D eigenvalue weighted by atomic mass is 9.42. The third-order valence-electron chi connectivity index (χ3n) is 11.2. The van der Waals surface area contributed by atoms with Gasteiger partial charge >= 0.3 is 0 Å². The van der Waals surface area contributed by atoms with Crippen molar-refractivity contribution in [2.75, 3.05) is 0 Å². The van der Waals surface area contributed by atoms with Gasteiger partial charge in [0, 0.05) is 0 Å². The molecular weight excluding hydrogens is 352 g/mol. The van der Waals surface area contributed by atoms with Gasteiger partial charge in [0.15, 0.2) is 0 Å². The van der Waals surface area contributed by atoms with Crippen molar-refractivity contribution in [3.8, 4) is 0 Å². The molecule has 1 N–H and O–H groups in total. The molecule has 29 heavy (non-hydrogen) atoms. The van der Waals surface area contributed by atoms with Crippen LogP contribution in [0.5, 0.6) is 0 Å². The molecule has 0 bridgehead atoms. The van der Waals surface area contributed by atoms with Crippen LogP contribution < -0.4 is 0 Å². The SMILES string of the molecule is CC(C)CCC[C@@H](C)[C@H]1CC[C@H]2[C@@H]3CC(C)C4CC(O)CC[C@]4(C)[C@H]3CC[C@]12C. The summed E-state index contributed by atoms with van der Waals surface area (Å²) in [6.45, 7) is 15.2. The first kappa shape index (κ1) is 22.2. The summed E-state index contributed by atoms with van der Waals surface area (Å²) in [4.78, 5) is 0. The van der Waals surface area contributed by atoms with Crippen molar-refractivity contribution in [2.24, 2.45) is 58.2 Å². The number of hydrogen-bond acceptors (Lipinski definition) is 1. The summed E-state index contributed by atoms with van der Waals surface area (Å²) < 4.78 is 0. The van der Waals surface area contributed by atoms with Crippen LogP contribution in [0.15, 0.2) is 0 Å². The molecule has 168 valence electrons. The van der Waals surface area contributed by atoms with E-state index in [0.29, 0.717) is 10.8 Å². The molecule has 10 atom stereocenters. The van der Waals surface area contributed by atoms with Crippen LogP contribution in [0.25, 0.3) is 0 Å². The highest BCUT2D eigenvalue weighted by Crippen LogP contribution is 2.69. The topological polar surface area (TPSA) is 20.2 Å². The zero-order valence-electron chi connectivity index (χ0n) is 20.4. The van der Waals surface area contributed by atoms with Gasteiger partial charge < -0.3 is 5.11 Å². The van der Waals surface area contributed by atoms with E-state index in [2.05, 4.69) is 41.5 Å². The van der Waals surface area contributed by atoms with E-state index in [0.717, 1.165) is 60.2 Å². The molecule has 0 saturated heterocycles. The molecule has 3 unspecified atom stereocenters. The highest BCUT2D eigenvalue weighted by molar-refractivity contribution is 5.10. The predicted molar refractivity (Wildman–Crippen MR) is 124 cm³/mol. The quantitative estimate of drug-likeness (QED) is 0.499. The maximum absolute atomic E-state index is 10.4. The van der Waals surface area contributed by atoms with Crippen LogP contribution >= 0.6 is 0 Å². The molecule has 1 nitrogen and oxygen atoms in total. The average Bonchev–Trinajstić information content (AvgIpc) is 3.00. The Bertz CT molecular complexity index is 569. The van der Waals surface area contributed by atoms with Gasteiger partial charge in [-0.25, -0.2) is 0 Å². The lowest BCUT2D eigenvalue weighted by molar-refractivity contribution is -0.149. The summed E-state index contributed by atoms with van der Waals surface area (Å²) in [5.41, 5.74) is 1.11. The fraction of sp³-hybridized carbons (Fsp3) is 1.00. The molecular formula is C28H50O. The Balaban J connectivity index is 1.50. The minimum atomic E-state index is -0.0246. The molecule has 0 aliphatic heterocycles. The van der Waals surface area contributed by atoms with E-state index in [9.17, 15) is 5.11 Å². The van der Waals surface area contributed by atoms with E-state index in [1.54, 1.807) is 0 Å². The molecule has 0 aromatic rings. The summed E-state index contributed by atoms with van der Waals surface area (Å²) in [6.07, 6.45) is 15.1. The Morgan fingerprint density at radius 1 is 0.828 bits per heavy atom. The van der Waals surface area contributed by atoms with Gasteiger partial charge in [-0.15, -0.1) is 0 Å². The van der Waals surface area contributed by atoms with Gasteiger partial charge in [-0.2, -0.15) is 0 Å². The lowest BCUT2D eigenvalue weighted by Crippen LogP contribution is -2.56. The number of hydrogen-bond donors (Lipinski definition) is 1. The fourth-order valence-electron chi connectivity index (χ4n) is 9.74. The Labute approximate surface area is 181 Å². The van der Waals surface area contributed by atoms with Crippen LogP contribution in [0.4, 0.5) is 0 Å².